The van der Waals surface area contributed by atoms with Crippen LogP contribution >= 0.6 is 0 Å². The van der Waals surface area contributed by atoms with Gasteiger partial charge in [0.05, 0.1) is 12.7 Å². The molecule has 0 amide bonds. The van der Waals surface area contributed by atoms with E-state index in [0.29, 0.717) is 6.61 Å². The van der Waals surface area contributed by atoms with Gasteiger partial charge in [-0.2, -0.15) is 0 Å². The van der Waals surface area contributed by atoms with Gasteiger partial charge >= 0.3 is 0 Å². The van der Waals surface area contributed by atoms with Gasteiger partial charge in [-0.25, -0.2) is 0 Å². The predicted octanol–water partition coefficient (Wildman–Crippen LogP) is 1.34. The van der Waals surface area contributed by atoms with Crippen molar-refractivity contribution in [2.75, 3.05) is 0 Å². The predicted molar refractivity (Wildman–Crippen MR) is 47.3 cm³/mol. The van der Waals surface area contributed by atoms with Gasteiger partial charge in [0.25, 0.3) is 0 Å². The van der Waals surface area contributed by atoms with E-state index in [0.717, 1.165) is 11.1 Å². The van der Waals surface area contributed by atoms with Crippen molar-refractivity contribution in [1.82, 2.24) is 0 Å². The summed E-state index contributed by atoms with van der Waals surface area (Å²) >= 11 is 0. The van der Waals surface area contributed by atoms with E-state index in [9.17, 15) is 10.2 Å². The molecule has 1 heterocycles. The highest BCUT2D eigenvalue weighted by Crippen LogP contribution is 2.37. The number of hydrogen-bond donors (Lipinski definition) is 2. The minimum Gasteiger partial charge on any atom is -0.508 e. The second kappa shape index (κ2) is 3.01. The highest BCUT2D eigenvalue weighted by atomic mass is 16.5. The zero-order valence-electron chi connectivity index (χ0n) is 7.40. The van der Waals surface area contributed by atoms with Gasteiger partial charge in [0.15, 0.2) is 0 Å². The fourth-order valence-electron chi connectivity index (χ4n) is 1.68. The van der Waals surface area contributed by atoms with E-state index < -0.39 is 6.10 Å². The average molecular weight is 180 g/mol. The van der Waals surface area contributed by atoms with Crippen molar-refractivity contribution in [2.45, 2.75) is 25.7 Å². The molecule has 0 saturated carbocycles. The zero-order chi connectivity index (χ0) is 9.42. The molecule has 0 fully saturated rings. The van der Waals surface area contributed by atoms with Crippen LogP contribution in [0.1, 0.15) is 24.2 Å². The van der Waals surface area contributed by atoms with Crippen molar-refractivity contribution < 1.29 is 14.9 Å². The lowest BCUT2D eigenvalue weighted by atomic mass is 10.0. The zero-order valence-corrected chi connectivity index (χ0v) is 7.40. The lowest BCUT2D eigenvalue weighted by molar-refractivity contribution is -0.0214. The molecule has 1 aliphatic heterocycles. The maximum Gasteiger partial charge on any atom is 0.121 e. The Morgan fingerprint density at radius 1 is 1.54 bits per heavy atom. The van der Waals surface area contributed by atoms with Gasteiger partial charge in [-0.05, 0) is 18.6 Å². The number of hydrogen-bond acceptors (Lipinski definition) is 3. The molecule has 1 aliphatic rings. The maximum atomic E-state index is 9.47. The van der Waals surface area contributed by atoms with Gasteiger partial charge in [-0.1, -0.05) is 12.1 Å². The van der Waals surface area contributed by atoms with E-state index in [1.165, 1.54) is 0 Å². The van der Waals surface area contributed by atoms with E-state index >= 15 is 0 Å². The van der Waals surface area contributed by atoms with Crippen molar-refractivity contribution in [1.29, 1.82) is 0 Å². The Balaban J connectivity index is 2.43. The standard InChI is InChI=1S/C10H12O3/c1-6(11)10-7-3-2-4-9(12)8(7)5-13-10/h2-4,6,10-12H,5H2,1H3/t6-,10+/m1/s1. The SMILES string of the molecule is C[C@@H](O)[C@@H]1OCc2c(O)cccc21. The lowest BCUT2D eigenvalue weighted by Crippen LogP contribution is -2.12. The molecule has 0 bridgehead atoms. The first-order valence-corrected chi connectivity index (χ1v) is 4.30. The fourth-order valence-corrected chi connectivity index (χ4v) is 1.68. The van der Waals surface area contributed by atoms with Gasteiger partial charge < -0.3 is 14.9 Å². The first kappa shape index (κ1) is 8.53. The summed E-state index contributed by atoms with van der Waals surface area (Å²) in [4.78, 5) is 0. The molecule has 0 unspecified atom stereocenters. The maximum absolute atomic E-state index is 9.47. The van der Waals surface area contributed by atoms with Crippen molar-refractivity contribution in [3.05, 3.63) is 29.3 Å². The largest absolute Gasteiger partial charge is 0.508 e. The van der Waals surface area contributed by atoms with Crippen LogP contribution in [0, 0.1) is 0 Å². The minimum atomic E-state index is -0.539. The molecule has 1 aromatic rings. The van der Waals surface area contributed by atoms with Gasteiger partial charge in [0, 0.05) is 5.56 Å². The Hall–Kier alpha value is -1.06. The first-order valence-electron chi connectivity index (χ1n) is 4.30. The van der Waals surface area contributed by atoms with Crippen LogP contribution in [-0.4, -0.2) is 16.3 Å². The molecule has 3 nitrogen and oxygen atoms in total. The van der Waals surface area contributed by atoms with Crippen molar-refractivity contribution in [3.63, 3.8) is 0 Å². The molecule has 13 heavy (non-hydrogen) atoms. The Kier molecular flexibility index (Phi) is 1.98. The molecule has 1 aromatic carbocycles. The molecule has 0 radical (unpaired) electrons. The lowest BCUT2D eigenvalue weighted by Gasteiger charge is -2.13. The number of phenolic OH excluding ortho intramolecular Hbond substituents is 1. The van der Waals surface area contributed by atoms with E-state index in [1.807, 2.05) is 6.07 Å². The van der Waals surface area contributed by atoms with E-state index in [-0.39, 0.29) is 11.9 Å². The molecule has 0 spiro atoms. The fraction of sp³-hybridized carbons (Fsp3) is 0.400. The number of ether oxygens (including phenoxy) is 1. The summed E-state index contributed by atoms with van der Waals surface area (Å²) in [6.07, 6.45) is -0.829. The topological polar surface area (TPSA) is 49.7 Å². The van der Waals surface area contributed by atoms with Crippen LogP contribution in [0.15, 0.2) is 18.2 Å². The quantitative estimate of drug-likeness (QED) is 0.685. The van der Waals surface area contributed by atoms with Gasteiger partial charge in [0.1, 0.15) is 11.9 Å². The van der Waals surface area contributed by atoms with Crippen molar-refractivity contribution in [2.24, 2.45) is 0 Å². The first-order chi connectivity index (χ1) is 6.20. The van der Waals surface area contributed by atoms with Crippen LogP contribution in [0.25, 0.3) is 0 Å². The van der Waals surface area contributed by atoms with Gasteiger partial charge in [-0.3, -0.25) is 0 Å². The van der Waals surface area contributed by atoms with Gasteiger partial charge in [0.2, 0.25) is 0 Å². The third-order valence-electron chi connectivity index (χ3n) is 2.34. The van der Waals surface area contributed by atoms with Crippen LogP contribution in [-0.2, 0) is 11.3 Å². The molecule has 2 rings (SSSR count). The normalized spacial score (nSPS) is 22.8. The van der Waals surface area contributed by atoms with Crippen LogP contribution in [0.3, 0.4) is 0 Å². The summed E-state index contributed by atoms with van der Waals surface area (Å²) in [5.41, 5.74) is 1.70. The Morgan fingerprint density at radius 3 is 3.00 bits per heavy atom. The Bertz CT molecular complexity index is 320. The summed E-state index contributed by atoms with van der Waals surface area (Å²) in [7, 11) is 0. The molecule has 0 aliphatic carbocycles. The number of phenols is 1. The highest BCUT2D eigenvalue weighted by Gasteiger charge is 2.28. The molecule has 2 N–H and O–H groups in total. The second-order valence-electron chi connectivity index (χ2n) is 3.32. The molecule has 2 atom stereocenters. The van der Waals surface area contributed by atoms with Crippen LogP contribution in [0.4, 0.5) is 0 Å². The smallest absolute Gasteiger partial charge is 0.121 e. The third kappa shape index (κ3) is 1.30. The number of aliphatic hydroxyl groups excluding tert-OH is 1. The molecular formula is C10H12O3. The molecular weight excluding hydrogens is 168 g/mol. The summed E-state index contributed by atoms with van der Waals surface area (Å²) < 4.78 is 5.36. The van der Waals surface area contributed by atoms with E-state index in [4.69, 9.17) is 4.74 Å². The summed E-state index contributed by atoms with van der Waals surface area (Å²) in [6.45, 7) is 2.07. The summed E-state index contributed by atoms with van der Waals surface area (Å²) in [5, 5.41) is 18.9. The average Bonchev–Trinajstić information content (AvgIpc) is 2.48. The second-order valence-corrected chi connectivity index (χ2v) is 3.32. The van der Waals surface area contributed by atoms with Crippen molar-refractivity contribution >= 4 is 0 Å². The third-order valence-corrected chi connectivity index (χ3v) is 2.34. The molecule has 3 heteroatoms. The molecule has 70 valence electrons. The van der Waals surface area contributed by atoms with Gasteiger partial charge in [-0.15, -0.1) is 0 Å². The van der Waals surface area contributed by atoms with Crippen LogP contribution < -0.4 is 0 Å². The van der Waals surface area contributed by atoms with Crippen LogP contribution in [0.2, 0.25) is 0 Å². The number of aliphatic hydroxyl groups is 1. The van der Waals surface area contributed by atoms with E-state index in [2.05, 4.69) is 0 Å². The minimum absolute atomic E-state index is 0.251. The molecule has 0 aromatic heterocycles. The Morgan fingerprint density at radius 2 is 2.31 bits per heavy atom. The van der Waals surface area contributed by atoms with Crippen molar-refractivity contribution in [3.8, 4) is 5.75 Å². The van der Waals surface area contributed by atoms with Crippen LogP contribution in [0.5, 0.6) is 5.75 Å². The number of aromatic hydroxyl groups is 1. The Labute approximate surface area is 76.6 Å². The highest BCUT2D eigenvalue weighted by molar-refractivity contribution is 5.42. The van der Waals surface area contributed by atoms with E-state index in [1.54, 1.807) is 19.1 Å². The monoisotopic (exact) mass is 180 g/mol. The number of benzene rings is 1. The molecule has 0 saturated heterocycles. The summed E-state index contributed by atoms with van der Waals surface area (Å²) in [5.74, 6) is 0.251. The number of rotatable bonds is 1. The summed E-state index contributed by atoms with van der Waals surface area (Å²) in [6, 6.07) is 5.27. The number of fused-ring (bicyclic) bond motifs is 1.